The van der Waals surface area contributed by atoms with Gasteiger partial charge in [-0.25, -0.2) is 4.99 Å². The lowest BCUT2D eigenvalue weighted by molar-refractivity contribution is 0.415. The fourth-order valence-electron chi connectivity index (χ4n) is 2.55. The van der Waals surface area contributed by atoms with Crippen LogP contribution >= 0.6 is 35.3 Å². The Labute approximate surface area is 187 Å². The smallest absolute Gasteiger partial charge is 0.191 e. The number of aromatic nitrogens is 1. The van der Waals surface area contributed by atoms with E-state index in [1.54, 1.807) is 24.6 Å². The summed E-state index contributed by atoms with van der Waals surface area (Å²) in [7, 11) is 1.68. The molecule has 2 aromatic heterocycles. The Balaban J connectivity index is 0.00000280. The molecule has 0 aliphatic carbocycles. The number of aliphatic imine (C=N–C) groups is 1. The van der Waals surface area contributed by atoms with Crippen LogP contribution in [0.5, 0.6) is 5.75 Å². The summed E-state index contributed by atoms with van der Waals surface area (Å²) in [6, 6.07) is 18.3. The maximum Gasteiger partial charge on any atom is 0.191 e. The van der Waals surface area contributed by atoms with Crippen LogP contribution in [0.15, 0.2) is 65.8 Å². The van der Waals surface area contributed by atoms with Gasteiger partial charge in [0.05, 0.1) is 25.9 Å². The molecule has 1 aromatic carbocycles. The van der Waals surface area contributed by atoms with Gasteiger partial charge in [0, 0.05) is 22.5 Å². The number of guanidine groups is 1. The quantitative estimate of drug-likeness (QED) is 0.276. The van der Waals surface area contributed by atoms with E-state index in [-0.39, 0.29) is 24.0 Å². The van der Waals surface area contributed by atoms with Gasteiger partial charge in [-0.2, -0.15) is 0 Å². The van der Waals surface area contributed by atoms with Gasteiger partial charge in [0.1, 0.15) is 5.75 Å². The summed E-state index contributed by atoms with van der Waals surface area (Å²) in [6.45, 7) is 4.16. The third-order valence-corrected chi connectivity index (χ3v) is 5.07. The molecule has 3 aromatic rings. The standard InChI is InChI=1S/C21H24N4OS.HI/c1-3-22-21(24-14-17-6-4-5-13-23-17)25-15-19-11-12-20(27-19)16-7-9-18(26-2)10-8-16;/h4-13H,3,14-15H2,1-2H3,(H2,22,24,25);1H. The molecule has 5 nitrogen and oxygen atoms in total. The number of pyridine rings is 1. The summed E-state index contributed by atoms with van der Waals surface area (Å²) in [5.74, 6) is 1.67. The predicted molar refractivity (Wildman–Crippen MR) is 128 cm³/mol. The van der Waals surface area contributed by atoms with Crippen molar-refractivity contribution in [1.29, 1.82) is 0 Å². The molecule has 0 fully saturated rings. The molecule has 0 aliphatic rings. The van der Waals surface area contributed by atoms with E-state index < -0.39 is 0 Å². The van der Waals surface area contributed by atoms with Crippen molar-refractivity contribution in [2.24, 2.45) is 4.99 Å². The molecular weight excluding hydrogens is 483 g/mol. The van der Waals surface area contributed by atoms with Crippen molar-refractivity contribution in [2.75, 3.05) is 13.7 Å². The molecule has 0 atom stereocenters. The molecule has 7 heteroatoms. The molecule has 0 spiro atoms. The average Bonchev–Trinajstić information content (AvgIpc) is 3.20. The molecule has 0 saturated carbocycles. The lowest BCUT2D eigenvalue weighted by Crippen LogP contribution is -2.36. The van der Waals surface area contributed by atoms with E-state index in [2.05, 4.69) is 51.8 Å². The third-order valence-electron chi connectivity index (χ3n) is 3.94. The van der Waals surface area contributed by atoms with Crippen molar-refractivity contribution in [3.05, 3.63) is 71.4 Å². The Morgan fingerprint density at radius 1 is 1.07 bits per heavy atom. The zero-order chi connectivity index (χ0) is 18.9. The van der Waals surface area contributed by atoms with E-state index in [1.165, 1.54) is 15.3 Å². The van der Waals surface area contributed by atoms with Crippen LogP contribution in [0.4, 0.5) is 0 Å². The van der Waals surface area contributed by atoms with Gasteiger partial charge in [-0.15, -0.1) is 35.3 Å². The molecule has 3 rings (SSSR count). The summed E-state index contributed by atoms with van der Waals surface area (Å²) < 4.78 is 5.22. The largest absolute Gasteiger partial charge is 0.497 e. The first-order valence-electron chi connectivity index (χ1n) is 8.93. The normalized spacial score (nSPS) is 10.9. The van der Waals surface area contributed by atoms with Crippen LogP contribution in [-0.2, 0) is 13.1 Å². The predicted octanol–water partition coefficient (Wildman–Crippen LogP) is 4.69. The number of hydrogen-bond acceptors (Lipinski definition) is 4. The van der Waals surface area contributed by atoms with E-state index in [1.807, 2.05) is 30.3 Å². The number of ether oxygens (including phenoxy) is 1. The molecule has 0 radical (unpaired) electrons. The highest BCUT2D eigenvalue weighted by Gasteiger charge is 2.05. The minimum atomic E-state index is 0. The highest BCUT2D eigenvalue weighted by atomic mass is 127. The molecule has 28 heavy (non-hydrogen) atoms. The number of rotatable bonds is 7. The molecule has 0 unspecified atom stereocenters. The van der Waals surface area contributed by atoms with Crippen molar-refractivity contribution in [2.45, 2.75) is 20.0 Å². The van der Waals surface area contributed by atoms with Crippen LogP contribution in [-0.4, -0.2) is 24.6 Å². The van der Waals surface area contributed by atoms with Crippen LogP contribution in [0, 0.1) is 0 Å². The fraction of sp³-hybridized carbons (Fsp3) is 0.238. The van der Waals surface area contributed by atoms with E-state index >= 15 is 0 Å². The summed E-state index contributed by atoms with van der Waals surface area (Å²) in [4.78, 5) is 11.4. The lowest BCUT2D eigenvalue weighted by atomic mass is 10.2. The van der Waals surface area contributed by atoms with Gasteiger partial charge in [-0.3, -0.25) is 4.98 Å². The number of nitrogens with one attached hydrogen (secondary N) is 2. The number of halogens is 1. The topological polar surface area (TPSA) is 58.5 Å². The van der Waals surface area contributed by atoms with Gasteiger partial charge < -0.3 is 15.4 Å². The Morgan fingerprint density at radius 2 is 1.89 bits per heavy atom. The van der Waals surface area contributed by atoms with Crippen LogP contribution in [0.1, 0.15) is 17.5 Å². The highest BCUT2D eigenvalue weighted by Crippen LogP contribution is 2.29. The van der Waals surface area contributed by atoms with Crippen LogP contribution < -0.4 is 15.4 Å². The zero-order valence-corrected chi connectivity index (χ0v) is 19.2. The number of thiophene rings is 1. The number of nitrogens with zero attached hydrogens (tertiary/aromatic N) is 2. The van der Waals surface area contributed by atoms with Crippen molar-refractivity contribution >= 4 is 41.3 Å². The molecule has 0 bridgehead atoms. The summed E-state index contributed by atoms with van der Waals surface area (Å²) >= 11 is 1.78. The first kappa shape index (κ1) is 22.2. The van der Waals surface area contributed by atoms with Gasteiger partial charge in [-0.1, -0.05) is 6.07 Å². The third kappa shape index (κ3) is 6.49. The first-order valence-corrected chi connectivity index (χ1v) is 9.75. The molecule has 2 heterocycles. The van der Waals surface area contributed by atoms with Crippen molar-refractivity contribution < 1.29 is 4.74 Å². The second-order valence-electron chi connectivity index (χ2n) is 5.86. The maximum atomic E-state index is 5.22. The van der Waals surface area contributed by atoms with Crippen molar-refractivity contribution in [3.8, 4) is 16.2 Å². The first-order chi connectivity index (χ1) is 13.3. The Morgan fingerprint density at radius 3 is 2.57 bits per heavy atom. The zero-order valence-electron chi connectivity index (χ0n) is 16.0. The van der Waals surface area contributed by atoms with Crippen molar-refractivity contribution in [1.82, 2.24) is 15.6 Å². The second-order valence-corrected chi connectivity index (χ2v) is 7.03. The Kier molecular flexibility index (Phi) is 9.22. The van der Waals surface area contributed by atoms with Crippen LogP contribution in [0.2, 0.25) is 0 Å². The Hall–Kier alpha value is -2.13. The summed E-state index contributed by atoms with van der Waals surface area (Å²) in [5.41, 5.74) is 2.15. The monoisotopic (exact) mass is 508 g/mol. The van der Waals surface area contributed by atoms with E-state index in [0.717, 1.165) is 30.5 Å². The number of hydrogen-bond donors (Lipinski definition) is 2. The number of benzene rings is 1. The lowest BCUT2D eigenvalue weighted by Gasteiger charge is -2.10. The van der Waals surface area contributed by atoms with Gasteiger partial charge >= 0.3 is 0 Å². The van der Waals surface area contributed by atoms with E-state index in [0.29, 0.717) is 6.54 Å². The molecule has 0 saturated heterocycles. The molecular formula is C21H25IN4OS. The Bertz CT molecular complexity index is 866. The minimum absolute atomic E-state index is 0. The van der Waals surface area contributed by atoms with Gasteiger partial charge in [0.2, 0.25) is 0 Å². The summed E-state index contributed by atoms with van der Waals surface area (Å²) in [5, 5.41) is 6.67. The van der Waals surface area contributed by atoms with Crippen molar-refractivity contribution in [3.63, 3.8) is 0 Å². The van der Waals surface area contributed by atoms with Gasteiger partial charge in [0.25, 0.3) is 0 Å². The van der Waals surface area contributed by atoms with Crippen LogP contribution in [0.25, 0.3) is 10.4 Å². The molecule has 0 amide bonds. The molecule has 148 valence electrons. The maximum absolute atomic E-state index is 5.22. The summed E-state index contributed by atoms with van der Waals surface area (Å²) in [6.07, 6.45) is 1.79. The van der Waals surface area contributed by atoms with E-state index in [4.69, 9.17) is 4.74 Å². The second kappa shape index (κ2) is 11.7. The number of methoxy groups -OCH3 is 1. The average molecular weight is 508 g/mol. The SMILES string of the molecule is CCNC(=NCc1ccccn1)NCc1ccc(-c2ccc(OC)cc2)s1.I. The van der Waals surface area contributed by atoms with Gasteiger partial charge in [-0.05, 0) is 61.0 Å². The molecule has 0 aliphatic heterocycles. The highest BCUT2D eigenvalue weighted by molar-refractivity contribution is 14.0. The van der Waals surface area contributed by atoms with Crippen LogP contribution in [0.3, 0.4) is 0 Å². The van der Waals surface area contributed by atoms with Gasteiger partial charge in [0.15, 0.2) is 5.96 Å². The minimum Gasteiger partial charge on any atom is -0.497 e. The fourth-order valence-corrected chi connectivity index (χ4v) is 3.50. The molecule has 2 N–H and O–H groups in total. The van der Waals surface area contributed by atoms with E-state index in [9.17, 15) is 0 Å².